The summed E-state index contributed by atoms with van der Waals surface area (Å²) in [5.74, 6) is 0.149. The highest BCUT2D eigenvalue weighted by Gasteiger charge is 2.30. The number of morpholine rings is 1. The molecule has 2 aromatic rings. The van der Waals surface area contributed by atoms with Crippen LogP contribution >= 0.6 is 0 Å². The number of anilines is 2. The Balaban J connectivity index is 1.75. The average Bonchev–Trinajstić information content (AvgIpc) is 2.62. The van der Waals surface area contributed by atoms with Gasteiger partial charge in [-0.25, -0.2) is 4.98 Å². The number of pyridine rings is 1. The molecule has 3 rings (SSSR count). The van der Waals surface area contributed by atoms with E-state index < -0.39 is 17.6 Å². The highest BCUT2D eigenvalue weighted by molar-refractivity contribution is 6.04. The van der Waals surface area contributed by atoms with Gasteiger partial charge >= 0.3 is 6.18 Å². The van der Waals surface area contributed by atoms with Crippen LogP contribution in [0.2, 0.25) is 0 Å². The number of hydrogen-bond acceptors (Lipinski definition) is 4. The first-order valence-electron chi connectivity index (χ1n) is 7.71. The molecule has 0 unspecified atom stereocenters. The third kappa shape index (κ3) is 4.27. The fraction of sp³-hybridized carbons (Fsp3) is 0.294. The molecule has 1 saturated heterocycles. The van der Waals surface area contributed by atoms with Crippen LogP contribution in [0.15, 0.2) is 42.6 Å². The van der Waals surface area contributed by atoms with Crippen LogP contribution < -0.4 is 10.2 Å². The van der Waals surface area contributed by atoms with Gasteiger partial charge in [0, 0.05) is 30.5 Å². The van der Waals surface area contributed by atoms with E-state index >= 15 is 0 Å². The summed E-state index contributed by atoms with van der Waals surface area (Å²) in [6.07, 6.45) is -2.95. The number of halogens is 3. The van der Waals surface area contributed by atoms with Crippen molar-refractivity contribution in [3.63, 3.8) is 0 Å². The number of nitrogens with zero attached hydrogens (tertiary/aromatic N) is 2. The zero-order chi connectivity index (χ0) is 17.9. The quantitative estimate of drug-likeness (QED) is 0.923. The molecule has 1 amide bonds. The first-order chi connectivity index (χ1) is 11.9. The largest absolute Gasteiger partial charge is 0.416 e. The van der Waals surface area contributed by atoms with Crippen molar-refractivity contribution < 1.29 is 22.7 Å². The predicted molar refractivity (Wildman–Crippen MR) is 86.7 cm³/mol. The van der Waals surface area contributed by atoms with Crippen molar-refractivity contribution in [2.45, 2.75) is 6.18 Å². The number of alkyl halides is 3. The van der Waals surface area contributed by atoms with E-state index in [-0.39, 0.29) is 5.69 Å². The van der Waals surface area contributed by atoms with E-state index in [0.717, 1.165) is 12.1 Å². The Kier molecular flexibility index (Phi) is 4.89. The molecular weight excluding hydrogens is 335 g/mol. The van der Waals surface area contributed by atoms with Gasteiger partial charge in [-0.05, 0) is 30.3 Å². The van der Waals surface area contributed by atoms with Gasteiger partial charge in [0.05, 0.1) is 18.8 Å². The molecule has 0 atom stereocenters. The van der Waals surface area contributed by atoms with Crippen molar-refractivity contribution in [1.82, 2.24) is 4.98 Å². The Bertz CT molecular complexity index is 759. The molecule has 1 aromatic heterocycles. The number of carbonyl (C=O) groups excluding carboxylic acids is 1. The molecule has 1 fully saturated rings. The number of carbonyl (C=O) groups is 1. The number of amides is 1. The van der Waals surface area contributed by atoms with Crippen LogP contribution in [0, 0.1) is 0 Å². The minimum atomic E-state index is -4.46. The van der Waals surface area contributed by atoms with Gasteiger partial charge in [0.15, 0.2) is 0 Å². The second kappa shape index (κ2) is 7.10. The summed E-state index contributed by atoms with van der Waals surface area (Å²) >= 11 is 0. The topological polar surface area (TPSA) is 54.5 Å². The zero-order valence-corrected chi connectivity index (χ0v) is 13.2. The van der Waals surface area contributed by atoms with Crippen LogP contribution in [0.1, 0.15) is 15.9 Å². The third-order valence-electron chi connectivity index (χ3n) is 3.79. The third-order valence-corrected chi connectivity index (χ3v) is 3.79. The lowest BCUT2D eigenvalue weighted by Gasteiger charge is -2.27. The molecule has 1 N–H and O–H groups in total. The fourth-order valence-electron chi connectivity index (χ4n) is 2.50. The molecule has 0 spiro atoms. The molecule has 0 aliphatic carbocycles. The van der Waals surface area contributed by atoms with Crippen molar-refractivity contribution in [3.05, 3.63) is 53.7 Å². The smallest absolute Gasteiger partial charge is 0.378 e. The molecule has 1 aliphatic rings. The van der Waals surface area contributed by atoms with Gasteiger partial charge in [-0.15, -0.1) is 0 Å². The normalized spacial score (nSPS) is 15.1. The lowest BCUT2D eigenvalue weighted by atomic mass is 10.2. The average molecular weight is 351 g/mol. The minimum absolute atomic E-state index is 0.0876. The summed E-state index contributed by atoms with van der Waals surface area (Å²) in [6.45, 7) is 2.52. The van der Waals surface area contributed by atoms with Crippen LogP contribution in [0.4, 0.5) is 24.7 Å². The van der Waals surface area contributed by atoms with Crippen molar-refractivity contribution >= 4 is 17.4 Å². The first kappa shape index (κ1) is 17.2. The van der Waals surface area contributed by atoms with E-state index in [1.54, 1.807) is 6.07 Å². The van der Waals surface area contributed by atoms with E-state index in [4.69, 9.17) is 4.74 Å². The molecule has 2 heterocycles. The molecule has 25 heavy (non-hydrogen) atoms. The molecule has 0 bridgehead atoms. The van der Waals surface area contributed by atoms with E-state index in [0.29, 0.717) is 37.7 Å². The molecule has 8 heteroatoms. The summed E-state index contributed by atoms with van der Waals surface area (Å²) in [6, 6.07) is 7.67. The second-order valence-corrected chi connectivity index (χ2v) is 5.53. The van der Waals surface area contributed by atoms with E-state index in [1.807, 2.05) is 4.90 Å². The van der Waals surface area contributed by atoms with Crippen LogP contribution in [0.25, 0.3) is 0 Å². The SMILES string of the molecule is O=C(Nc1cccc(C(F)(F)F)c1)c1ccnc(N2CCOCC2)c1. The summed E-state index contributed by atoms with van der Waals surface area (Å²) in [5, 5.41) is 2.49. The molecule has 1 aliphatic heterocycles. The Morgan fingerprint density at radius 3 is 2.64 bits per heavy atom. The number of ether oxygens (including phenoxy) is 1. The summed E-state index contributed by atoms with van der Waals surface area (Å²) in [4.78, 5) is 18.6. The Morgan fingerprint density at radius 2 is 1.92 bits per heavy atom. The van der Waals surface area contributed by atoms with Crippen LogP contribution in [-0.4, -0.2) is 37.2 Å². The van der Waals surface area contributed by atoms with Gasteiger partial charge in [0.2, 0.25) is 0 Å². The maximum absolute atomic E-state index is 12.8. The Hall–Kier alpha value is -2.61. The molecule has 5 nitrogen and oxygen atoms in total. The van der Waals surface area contributed by atoms with E-state index in [1.165, 1.54) is 24.4 Å². The molecule has 0 saturated carbocycles. The highest BCUT2D eigenvalue weighted by atomic mass is 19.4. The first-order valence-corrected chi connectivity index (χ1v) is 7.71. The number of nitrogens with one attached hydrogen (secondary N) is 1. The Morgan fingerprint density at radius 1 is 1.16 bits per heavy atom. The molecule has 1 aromatic carbocycles. The van der Waals surface area contributed by atoms with Crippen molar-refractivity contribution in [2.24, 2.45) is 0 Å². The number of aromatic nitrogens is 1. The lowest BCUT2D eigenvalue weighted by Crippen LogP contribution is -2.36. The number of benzene rings is 1. The van der Waals surface area contributed by atoms with Crippen molar-refractivity contribution in [3.8, 4) is 0 Å². The van der Waals surface area contributed by atoms with Crippen molar-refractivity contribution in [2.75, 3.05) is 36.5 Å². The van der Waals surface area contributed by atoms with Gasteiger partial charge in [0.25, 0.3) is 5.91 Å². The van der Waals surface area contributed by atoms with Gasteiger partial charge in [-0.3, -0.25) is 4.79 Å². The molecule has 132 valence electrons. The highest BCUT2D eigenvalue weighted by Crippen LogP contribution is 2.30. The van der Waals surface area contributed by atoms with Crippen LogP contribution in [0.3, 0.4) is 0 Å². The van der Waals surface area contributed by atoms with Gasteiger partial charge in [-0.2, -0.15) is 13.2 Å². The maximum Gasteiger partial charge on any atom is 0.416 e. The summed E-state index contributed by atoms with van der Waals surface area (Å²) < 4.78 is 43.5. The molecule has 0 radical (unpaired) electrons. The van der Waals surface area contributed by atoms with Gasteiger partial charge in [0.1, 0.15) is 5.82 Å². The van der Waals surface area contributed by atoms with E-state index in [2.05, 4.69) is 10.3 Å². The maximum atomic E-state index is 12.8. The minimum Gasteiger partial charge on any atom is -0.378 e. The predicted octanol–water partition coefficient (Wildman–Crippen LogP) is 3.19. The molecular formula is C17H16F3N3O2. The monoisotopic (exact) mass is 351 g/mol. The number of rotatable bonds is 3. The van der Waals surface area contributed by atoms with Crippen LogP contribution in [-0.2, 0) is 10.9 Å². The van der Waals surface area contributed by atoms with Crippen molar-refractivity contribution in [1.29, 1.82) is 0 Å². The summed E-state index contributed by atoms with van der Waals surface area (Å²) in [7, 11) is 0. The van der Waals surface area contributed by atoms with Gasteiger partial charge in [-0.1, -0.05) is 6.07 Å². The Labute approximate surface area is 142 Å². The van der Waals surface area contributed by atoms with E-state index in [9.17, 15) is 18.0 Å². The van der Waals surface area contributed by atoms with Crippen LogP contribution in [0.5, 0.6) is 0 Å². The lowest BCUT2D eigenvalue weighted by molar-refractivity contribution is -0.137. The number of hydrogen-bond donors (Lipinski definition) is 1. The summed E-state index contributed by atoms with van der Waals surface area (Å²) in [5.41, 5.74) is -0.396. The second-order valence-electron chi connectivity index (χ2n) is 5.53. The zero-order valence-electron chi connectivity index (χ0n) is 13.2. The van der Waals surface area contributed by atoms with Gasteiger partial charge < -0.3 is 15.0 Å². The fourth-order valence-corrected chi connectivity index (χ4v) is 2.50. The standard InChI is InChI=1S/C17H16F3N3O2/c18-17(19,20)13-2-1-3-14(11-13)22-16(24)12-4-5-21-15(10-12)23-6-8-25-9-7-23/h1-5,10-11H,6-9H2,(H,22,24).